The zero-order chi connectivity index (χ0) is 29.7. The number of carbonyl (C=O) groups excluding carboxylic acids is 2. The van der Waals surface area contributed by atoms with Crippen LogP contribution in [0.5, 0.6) is 0 Å². The van der Waals surface area contributed by atoms with Gasteiger partial charge in [-0.25, -0.2) is 8.42 Å². The summed E-state index contributed by atoms with van der Waals surface area (Å²) in [5.74, 6) is -0.472. The highest BCUT2D eigenvalue weighted by molar-refractivity contribution is 7.93. The fourth-order valence-electron chi connectivity index (χ4n) is 5.45. The number of nitrogens with zero attached hydrogens (tertiary/aromatic N) is 2. The van der Waals surface area contributed by atoms with Gasteiger partial charge in [-0.15, -0.1) is 0 Å². The predicted octanol–water partition coefficient (Wildman–Crippen LogP) is 5.95. The van der Waals surface area contributed by atoms with E-state index < -0.39 is 16.1 Å². The number of hydrogen-bond acceptors (Lipinski definition) is 4. The summed E-state index contributed by atoms with van der Waals surface area (Å²) in [4.78, 5) is 29.3. The Bertz CT molecular complexity index is 1690. The number of sulfonamides is 1. The van der Waals surface area contributed by atoms with Crippen molar-refractivity contribution in [2.75, 3.05) is 17.4 Å². The molecule has 0 saturated heterocycles. The molecule has 2 amide bonds. The zero-order valence-electron chi connectivity index (χ0n) is 23.5. The molecular weight excluding hydrogens is 570 g/mol. The molecule has 0 aliphatic carbocycles. The van der Waals surface area contributed by atoms with Crippen molar-refractivity contribution in [1.29, 1.82) is 0 Å². The second-order valence-corrected chi connectivity index (χ2v) is 12.7. The van der Waals surface area contributed by atoms with Crippen molar-refractivity contribution in [3.63, 3.8) is 0 Å². The molecule has 4 aromatic rings. The lowest BCUT2D eigenvalue weighted by atomic mass is 10.0. The standard InChI is InChI=1S/C33H34ClN3O4S/c1-2-20-35-33(39)29(22-24-11-4-3-5-12-24)36(23-26-13-6-7-16-27(26)34)31(38)19-10-21-37-28-17-8-14-25-15-9-18-30(32(25)28)42(37,40)41/h3-9,11-18,29H,2,10,19-23H2,1H3,(H,35,39)/t29-/m0/s1. The number of benzene rings is 4. The van der Waals surface area contributed by atoms with Gasteiger partial charge >= 0.3 is 0 Å². The van der Waals surface area contributed by atoms with Gasteiger partial charge in [-0.1, -0.05) is 91.3 Å². The third-order valence-corrected chi connectivity index (χ3v) is 9.78. The first-order chi connectivity index (χ1) is 20.3. The lowest BCUT2D eigenvalue weighted by molar-refractivity contribution is -0.141. The number of halogens is 1. The minimum atomic E-state index is -3.72. The molecule has 0 radical (unpaired) electrons. The summed E-state index contributed by atoms with van der Waals surface area (Å²) in [5, 5.41) is 5.05. The fourth-order valence-corrected chi connectivity index (χ4v) is 7.39. The van der Waals surface area contributed by atoms with Crippen LogP contribution in [0.4, 0.5) is 5.69 Å². The Morgan fingerprint density at radius 1 is 0.929 bits per heavy atom. The van der Waals surface area contributed by atoms with E-state index in [-0.39, 0.29) is 42.6 Å². The third-order valence-electron chi connectivity index (χ3n) is 7.55. The molecule has 42 heavy (non-hydrogen) atoms. The van der Waals surface area contributed by atoms with Gasteiger partial charge in [0.2, 0.25) is 11.8 Å². The van der Waals surface area contributed by atoms with E-state index in [1.807, 2.05) is 73.7 Å². The first-order valence-corrected chi connectivity index (χ1v) is 16.0. The summed E-state index contributed by atoms with van der Waals surface area (Å²) in [7, 11) is -3.72. The van der Waals surface area contributed by atoms with Gasteiger partial charge in [-0.2, -0.15) is 0 Å². The fraction of sp³-hybridized carbons (Fsp3) is 0.273. The summed E-state index contributed by atoms with van der Waals surface area (Å²) < 4.78 is 28.2. The van der Waals surface area contributed by atoms with Crippen LogP contribution in [0.15, 0.2) is 95.9 Å². The van der Waals surface area contributed by atoms with E-state index in [4.69, 9.17) is 11.6 Å². The minimum Gasteiger partial charge on any atom is -0.354 e. The highest BCUT2D eigenvalue weighted by Gasteiger charge is 2.36. The van der Waals surface area contributed by atoms with E-state index >= 15 is 0 Å². The molecule has 0 aromatic heterocycles. The molecule has 0 bridgehead atoms. The van der Waals surface area contributed by atoms with E-state index in [1.54, 1.807) is 29.2 Å². The predicted molar refractivity (Wildman–Crippen MR) is 167 cm³/mol. The number of rotatable bonds is 12. The van der Waals surface area contributed by atoms with Crippen molar-refractivity contribution in [3.05, 3.63) is 107 Å². The van der Waals surface area contributed by atoms with Crippen molar-refractivity contribution >= 4 is 49.9 Å². The van der Waals surface area contributed by atoms with Crippen molar-refractivity contribution in [2.45, 2.75) is 50.1 Å². The molecule has 218 valence electrons. The zero-order valence-corrected chi connectivity index (χ0v) is 25.1. The average Bonchev–Trinajstić information content (AvgIpc) is 3.22. The van der Waals surface area contributed by atoms with Crippen LogP contribution < -0.4 is 9.62 Å². The van der Waals surface area contributed by atoms with Crippen LogP contribution in [0, 0.1) is 0 Å². The summed E-state index contributed by atoms with van der Waals surface area (Å²) >= 11 is 6.49. The minimum absolute atomic E-state index is 0.0646. The van der Waals surface area contributed by atoms with E-state index in [9.17, 15) is 18.0 Å². The quantitative estimate of drug-likeness (QED) is 0.217. The lowest BCUT2D eigenvalue weighted by Crippen LogP contribution is -2.50. The van der Waals surface area contributed by atoms with E-state index in [0.717, 1.165) is 22.9 Å². The van der Waals surface area contributed by atoms with Gasteiger partial charge in [0.05, 0.1) is 10.6 Å². The van der Waals surface area contributed by atoms with Crippen LogP contribution in [-0.2, 0) is 32.6 Å². The molecule has 4 aromatic carbocycles. The van der Waals surface area contributed by atoms with E-state index in [1.165, 1.54) is 4.31 Å². The number of amides is 2. The SMILES string of the molecule is CCCNC(=O)[C@H](Cc1ccccc1)N(Cc1ccccc1Cl)C(=O)CCCN1c2cccc3cccc(c23)S1(=O)=O. The normalized spacial score (nSPS) is 14.1. The molecule has 1 N–H and O–H groups in total. The average molecular weight is 604 g/mol. The third kappa shape index (κ3) is 6.15. The molecule has 7 nitrogen and oxygen atoms in total. The van der Waals surface area contributed by atoms with Gasteiger partial charge in [0.1, 0.15) is 6.04 Å². The Kier molecular flexibility index (Phi) is 9.14. The molecule has 0 saturated carbocycles. The van der Waals surface area contributed by atoms with E-state index in [2.05, 4.69) is 5.32 Å². The highest BCUT2D eigenvalue weighted by atomic mass is 35.5. The first kappa shape index (κ1) is 29.6. The summed E-state index contributed by atoms with van der Waals surface area (Å²) in [6, 6.07) is 26.9. The molecule has 0 spiro atoms. The van der Waals surface area contributed by atoms with Crippen molar-refractivity contribution < 1.29 is 18.0 Å². The molecule has 1 aliphatic rings. The number of hydrogen-bond donors (Lipinski definition) is 1. The summed E-state index contributed by atoms with van der Waals surface area (Å²) in [5.41, 5.74) is 2.29. The van der Waals surface area contributed by atoms with Gasteiger partial charge in [0.15, 0.2) is 0 Å². The molecule has 0 fully saturated rings. The van der Waals surface area contributed by atoms with Gasteiger partial charge < -0.3 is 10.2 Å². The molecule has 5 rings (SSSR count). The Balaban J connectivity index is 1.39. The molecule has 1 aliphatic heterocycles. The molecule has 1 heterocycles. The molecule has 0 unspecified atom stereocenters. The topological polar surface area (TPSA) is 86.8 Å². The van der Waals surface area contributed by atoms with Crippen molar-refractivity contribution in [1.82, 2.24) is 10.2 Å². The molecule has 1 atom stereocenters. The summed E-state index contributed by atoms with van der Waals surface area (Å²) in [6.07, 6.45) is 1.46. The Morgan fingerprint density at radius 3 is 2.38 bits per heavy atom. The summed E-state index contributed by atoms with van der Waals surface area (Å²) in [6.45, 7) is 2.77. The number of carbonyl (C=O) groups is 2. The van der Waals surface area contributed by atoms with Crippen molar-refractivity contribution in [2.24, 2.45) is 0 Å². The Labute approximate surface area is 252 Å². The monoisotopic (exact) mass is 603 g/mol. The van der Waals surface area contributed by atoms with E-state index in [0.29, 0.717) is 29.1 Å². The van der Waals surface area contributed by atoms with Crippen LogP contribution in [0.2, 0.25) is 5.02 Å². The lowest BCUT2D eigenvalue weighted by Gasteiger charge is -2.32. The van der Waals surface area contributed by atoms with Crippen LogP contribution in [0.3, 0.4) is 0 Å². The maximum Gasteiger partial charge on any atom is 0.265 e. The smallest absolute Gasteiger partial charge is 0.265 e. The first-order valence-electron chi connectivity index (χ1n) is 14.2. The van der Waals surface area contributed by atoms with Crippen LogP contribution in [0.1, 0.15) is 37.3 Å². The second-order valence-electron chi connectivity index (χ2n) is 10.4. The maximum absolute atomic E-state index is 13.9. The van der Waals surface area contributed by atoms with Gasteiger partial charge in [-0.05, 0) is 47.6 Å². The molecule has 9 heteroatoms. The van der Waals surface area contributed by atoms with Crippen molar-refractivity contribution in [3.8, 4) is 0 Å². The van der Waals surface area contributed by atoms with Gasteiger partial charge in [0.25, 0.3) is 10.0 Å². The van der Waals surface area contributed by atoms with Gasteiger partial charge in [-0.3, -0.25) is 13.9 Å². The Hall–Kier alpha value is -3.88. The maximum atomic E-state index is 13.9. The Morgan fingerprint density at radius 2 is 1.64 bits per heavy atom. The van der Waals surface area contributed by atoms with Crippen LogP contribution in [0.25, 0.3) is 10.8 Å². The number of nitrogens with one attached hydrogen (secondary N) is 1. The number of anilines is 1. The molecular formula is C33H34ClN3O4S. The highest BCUT2D eigenvalue weighted by Crippen LogP contribution is 2.42. The van der Waals surface area contributed by atoms with Crippen LogP contribution >= 0.6 is 11.6 Å². The largest absolute Gasteiger partial charge is 0.354 e. The van der Waals surface area contributed by atoms with Gasteiger partial charge in [0, 0.05) is 42.9 Å². The van der Waals surface area contributed by atoms with Crippen LogP contribution in [-0.4, -0.2) is 44.3 Å². The second kappa shape index (κ2) is 13.0.